The number of nitrogens with zero attached hydrogens (tertiary/aromatic N) is 1. The van der Waals surface area contributed by atoms with Gasteiger partial charge in [-0.25, -0.2) is 12.7 Å². The largest absolute Gasteiger partial charge is 0.735 e. The van der Waals surface area contributed by atoms with Gasteiger partial charge < -0.3 is 9.66 Å². The van der Waals surface area contributed by atoms with Crippen LogP contribution in [-0.2, 0) is 16.7 Å². The van der Waals surface area contributed by atoms with Gasteiger partial charge in [-0.3, -0.25) is 0 Å². The molecule has 0 aliphatic carbocycles. The van der Waals surface area contributed by atoms with E-state index in [1.54, 1.807) is 0 Å². The Bertz CT molecular complexity index is 430. The van der Waals surface area contributed by atoms with Crippen LogP contribution < -0.4 is 0 Å². The zero-order valence-electron chi connectivity index (χ0n) is 9.61. The van der Waals surface area contributed by atoms with E-state index in [0.29, 0.717) is 6.42 Å². The molecule has 5 nitrogen and oxygen atoms in total. The molecular formula is C11H16NO4S-. The first-order valence-electron chi connectivity index (χ1n) is 5.32. The molecule has 0 saturated carbocycles. The maximum Gasteiger partial charge on any atom is 0.162 e. The van der Waals surface area contributed by atoms with Crippen LogP contribution in [0.3, 0.4) is 0 Å². The van der Waals surface area contributed by atoms with Crippen molar-refractivity contribution >= 4 is 10.3 Å². The highest BCUT2D eigenvalue weighted by molar-refractivity contribution is 7.83. The van der Waals surface area contributed by atoms with Gasteiger partial charge in [0.1, 0.15) is 0 Å². The first kappa shape index (κ1) is 14.1. The monoisotopic (exact) mass is 258 g/mol. The van der Waals surface area contributed by atoms with Crippen molar-refractivity contribution in [2.75, 3.05) is 13.1 Å². The summed E-state index contributed by atoms with van der Waals surface area (Å²) in [6.07, 6.45) is -0.399. The summed E-state index contributed by atoms with van der Waals surface area (Å²) in [6, 6.07) is 9.28. The first-order valence-corrected chi connectivity index (χ1v) is 6.69. The molecule has 1 aromatic carbocycles. The smallest absolute Gasteiger partial charge is 0.162 e. The minimum absolute atomic E-state index is 0.0841. The summed E-state index contributed by atoms with van der Waals surface area (Å²) in [6.45, 7) is 1.36. The van der Waals surface area contributed by atoms with Crippen LogP contribution in [0.5, 0.6) is 0 Å². The van der Waals surface area contributed by atoms with Crippen LogP contribution in [-0.4, -0.2) is 41.6 Å². The molecular weight excluding hydrogens is 242 g/mol. The molecule has 0 aromatic heterocycles. The quantitative estimate of drug-likeness (QED) is 0.748. The summed E-state index contributed by atoms with van der Waals surface area (Å²) >= 11 is 0. The van der Waals surface area contributed by atoms with E-state index in [4.69, 9.17) is 5.11 Å². The van der Waals surface area contributed by atoms with Crippen molar-refractivity contribution in [2.24, 2.45) is 0 Å². The molecule has 1 N–H and O–H groups in total. The normalized spacial score (nSPS) is 13.9. The molecule has 0 spiro atoms. The van der Waals surface area contributed by atoms with Crippen LogP contribution in [0.25, 0.3) is 0 Å². The van der Waals surface area contributed by atoms with Gasteiger partial charge in [0.2, 0.25) is 0 Å². The third-order valence-corrected chi connectivity index (χ3v) is 3.24. The predicted molar refractivity (Wildman–Crippen MR) is 63.1 cm³/mol. The lowest BCUT2D eigenvalue weighted by Crippen LogP contribution is -2.37. The second-order valence-electron chi connectivity index (χ2n) is 3.90. The average molecular weight is 258 g/mol. The van der Waals surface area contributed by atoms with Crippen LogP contribution in [0, 0.1) is 0 Å². The van der Waals surface area contributed by atoms with Crippen molar-refractivity contribution < 1.29 is 18.1 Å². The molecule has 1 atom stereocenters. The van der Waals surface area contributed by atoms with Gasteiger partial charge in [-0.15, -0.1) is 0 Å². The van der Waals surface area contributed by atoms with E-state index < -0.39 is 16.4 Å². The molecule has 0 radical (unpaired) electrons. The molecule has 0 saturated heterocycles. The number of benzene rings is 1. The Hall–Kier alpha value is -0.950. The summed E-state index contributed by atoms with van der Waals surface area (Å²) in [5.74, 6) is 0. The molecule has 0 amide bonds. The van der Waals surface area contributed by atoms with Crippen LogP contribution in [0.2, 0.25) is 0 Å². The van der Waals surface area contributed by atoms with Gasteiger partial charge in [-0.2, -0.15) is 0 Å². The summed E-state index contributed by atoms with van der Waals surface area (Å²) in [7, 11) is -4.51. The molecule has 1 rings (SSSR count). The Balaban J connectivity index is 2.62. The fraction of sp³-hybridized carbons (Fsp3) is 0.455. The molecule has 0 aliphatic rings. The molecule has 6 heteroatoms. The van der Waals surface area contributed by atoms with Crippen molar-refractivity contribution in [1.29, 1.82) is 0 Å². The summed E-state index contributed by atoms with van der Waals surface area (Å²) in [4.78, 5) is 0. The Kier molecular flexibility index (Phi) is 5.07. The number of aliphatic hydroxyl groups excluding tert-OH is 1. The third-order valence-electron chi connectivity index (χ3n) is 2.28. The van der Waals surface area contributed by atoms with Crippen molar-refractivity contribution in [2.45, 2.75) is 19.4 Å². The molecule has 0 bridgehead atoms. The molecule has 1 aromatic rings. The highest BCUT2D eigenvalue weighted by Gasteiger charge is 2.14. The van der Waals surface area contributed by atoms with E-state index in [2.05, 4.69) is 0 Å². The lowest BCUT2D eigenvalue weighted by Gasteiger charge is -2.26. The minimum atomic E-state index is -4.51. The van der Waals surface area contributed by atoms with Gasteiger partial charge in [-0.1, -0.05) is 30.3 Å². The van der Waals surface area contributed by atoms with E-state index in [-0.39, 0.29) is 13.1 Å². The van der Waals surface area contributed by atoms with E-state index in [0.717, 1.165) is 9.87 Å². The summed E-state index contributed by atoms with van der Waals surface area (Å²) < 4.78 is 33.6. The Morgan fingerprint density at radius 3 is 2.41 bits per heavy atom. The van der Waals surface area contributed by atoms with E-state index in [1.807, 2.05) is 30.3 Å². The van der Waals surface area contributed by atoms with Gasteiger partial charge in [0.05, 0.1) is 6.10 Å². The zero-order valence-corrected chi connectivity index (χ0v) is 10.4. The van der Waals surface area contributed by atoms with Gasteiger partial charge in [-0.05, 0) is 18.9 Å². The van der Waals surface area contributed by atoms with Crippen molar-refractivity contribution in [3.05, 3.63) is 35.9 Å². The molecule has 0 heterocycles. The lowest BCUT2D eigenvalue weighted by atomic mass is 10.1. The number of rotatable bonds is 6. The van der Waals surface area contributed by atoms with Crippen LogP contribution >= 0.6 is 0 Å². The second-order valence-corrected chi connectivity index (χ2v) is 5.27. The van der Waals surface area contributed by atoms with Crippen molar-refractivity contribution in [3.63, 3.8) is 0 Å². The molecule has 96 valence electrons. The third kappa shape index (κ3) is 5.27. The Morgan fingerprint density at radius 1 is 1.35 bits per heavy atom. The van der Waals surface area contributed by atoms with Crippen LogP contribution in [0.1, 0.15) is 12.5 Å². The van der Waals surface area contributed by atoms with Crippen molar-refractivity contribution in [3.8, 4) is 0 Å². The standard InChI is InChI=1S/C11H17NO4S/c1-10(13)9-12(17(14,15)16)8-7-11-5-3-2-4-6-11/h2-6,10,13H,7-9H2,1H3,(H,14,15,16)/p-1. The van der Waals surface area contributed by atoms with E-state index in [1.165, 1.54) is 6.92 Å². The first-order chi connectivity index (χ1) is 7.89. The summed E-state index contributed by atoms with van der Waals surface area (Å²) in [5.41, 5.74) is 0.951. The lowest BCUT2D eigenvalue weighted by molar-refractivity contribution is 0.158. The van der Waals surface area contributed by atoms with Gasteiger partial charge in [0.25, 0.3) is 0 Å². The molecule has 0 aliphatic heterocycles. The topological polar surface area (TPSA) is 80.7 Å². The predicted octanol–water partition coefficient (Wildman–Crippen LogP) is 0.372. The average Bonchev–Trinajstić information content (AvgIpc) is 2.23. The Morgan fingerprint density at radius 2 is 1.94 bits per heavy atom. The SMILES string of the molecule is CC(O)CN(CCc1ccccc1)S(=O)(=O)[O-]. The number of hydrogen-bond acceptors (Lipinski definition) is 4. The maximum absolute atomic E-state index is 10.9. The van der Waals surface area contributed by atoms with E-state index >= 15 is 0 Å². The fourth-order valence-electron chi connectivity index (χ4n) is 1.49. The zero-order chi connectivity index (χ0) is 12.9. The van der Waals surface area contributed by atoms with Gasteiger partial charge >= 0.3 is 0 Å². The highest BCUT2D eigenvalue weighted by Crippen LogP contribution is 2.05. The molecule has 1 unspecified atom stereocenters. The van der Waals surface area contributed by atoms with Crippen molar-refractivity contribution in [1.82, 2.24) is 4.31 Å². The summed E-state index contributed by atoms with van der Waals surface area (Å²) in [5, 5.41) is 9.14. The van der Waals surface area contributed by atoms with E-state index in [9.17, 15) is 13.0 Å². The second kappa shape index (κ2) is 6.11. The fourth-order valence-corrected chi connectivity index (χ4v) is 2.20. The highest BCUT2D eigenvalue weighted by atomic mass is 32.2. The van der Waals surface area contributed by atoms with Crippen LogP contribution in [0.15, 0.2) is 30.3 Å². The Labute approximate surface area is 102 Å². The maximum atomic E-state index is 10.9. The minimum Gasteiger partial charge on any atom is -0.735 e. The van der Waals surface area contributed by atoms with Gasteiger partial charge in [0, 0.05) is 13.1 Å². The number of hydrogen-bond donors (Lipinski definition) is 1. The van der Waals surface area contributed by atoms with Crippen LogP contribution in [0.4, 0.5) is 0 Å². The number of aliphatic hydroxyl groups is 1. The molecule has 17 heavy (non-hydrogen) atoms. The van der Waals surface area contributed by atoms with Gasteiger partial charge in [0.15, 0.2) is 10.3 Å². The molecule has 0 fully saturated rings.